The Morgan fingerprint density at radius 2 is 1.90 bits per heavy atom. The van der Waals surface area contributed by atoms with E-state index in [9.17, 15) is 14.7 Å². The summed E-state index contributed by atoms with van der Waals surface area (Å²) in [6.45, 7) is 1.32. The first-order valence-corrected chi connectivity index (χ1v) is 13.5. The van der Waals surface area contributed by atoms with E-state index >= 15 is 4.39 Å². The third kappa shape index (κ3) is 6.43. The van der Waals surface area contributed by atoms with Crippen molar-refractivity contribution in [3.8, 4) is 16.9 Å². The fraction of sp³-hybridized carbons (Fsp3) is 0.355. The summed E-state index contributed by atoms with van der Waals surface area (Å²) >= 11 is 0. The summed E-state index contributed by atoms with van der Waals surface area (Å²) in [7, 11) is 1.53. The van der Waals surface area contributed by atoms with Crippen LogP contribution in [0, 0.1) is 11.7 Å². The van der Waals surface area contributed by atoms with E-state index in [1.165, 1.54) is 13.2 Å². The van der Waals surface area contributed by atoms with E-state index < -0.39 is 23.4 Å². The average Bonchev–Trinajstić information content (AvgIpc) is 2.98. The Labute approximate surface area is 233 Å². The molecule has 1 fully saturated rings. The zero-order valence-corrected chi connectivity index (χ0v) is 22.6. The minimum absolute atomic E-state index is 0.129. The van der Waals surface area contributed by atoms with Gasteiger partial charge in [-0.25, -0.2) is 9.18 Å². The van der Waals surface area contributed by atoms with Gasteiger partial charge in [0, 0.05) is 43.2 Å². The number of likely N-dealkylation sites (tertiary alicyclic amines) is 1. The lowest BCUT2D eigenvalue weighted by Crippen LogP contribution is -2.48. The number of aliphatic hydroxyl groups is 1. The lowest BCUT2D eigenvalue weighted by atomic mass is 9.72. The maximum absolute atomic E-state index is 15.5. The van der Waals surface area contributed by atoms with Crippen LogP contribution >= 0.6 is 0 Å². The molecule has 0 saturated carbocycles. The molecule has 0 unspecified atom stereocenters. The Hall–Kier alpha value is -3.95. The summed E-state index contributed by atoms with van der Waals surface area (Å²) in [5.41, 5.74) is 6.84. The van der Waals surface area contributed by atoms with Crippen LogP contribution in [0.3, 0.4) is 0 Å². The molecule has 5 N–H and O–H groups in total. The smallest absolute Gasteiger partial charge is 0.404 e. The van der Waals surface area contributed by atoms with Crippen molar-refractivity contribution in [1.29, 1.82) is 0 Å². The summed E-state index contributed by atoms with van der Waals surface area (Å²) in [5.74, 6) is -0.493. The van der Waals surface area contributed by atoms with E-state index in [4.69, 9.17) is 15.6 Å². The number of halogens is 1. The molecule has 40 heavy (non-hydrogen) atoms. The van der Waals surface area contributed by atoms with E-state index in [1.54, 1.807) is 53.4 Å². The van der Waals surface area contributed by atoms with Crippen LogP contribution in [0.1, 0.15) is 47.2 Å². The molecule has 0 aliphatic carbocycles. The summed E-state index contributed by atoms with van der Waals surface area (Å²) < 4.78 is 20.9. The Bertz CT molecular complexity index is 1330. The van der Waals surface area contributed by atoms with Crippen LogP contribution in [-0.2, 0) is 12.1 Å². The number of amides is 2. The number of benzene rings is 3. The molecule has 0 aromatic heterocycles. The Morgan fingerprint density at radius 3 is 2.60 bits per heavy atom. The van der Waals surface area contributed by atoms with E-state index in [1.807, 2.05) is 12.1 Å². The van der Waals surface area contributed by atoms with Crippen molar-refractivity contribution < 1.29 is 28.9 Å². The Balaban J connectivity index is 1.71. The van der Waals surface area contributed by atoms with Gasteiger partial charge in [-0.15, -0.1) is 0 Å². The van der Waals surface area contributed by atoms with Crippen molar-refractivity contribution in [1.82, 2.24) is 10.2 Å². The van der Waals surface area contributed by atoms with Gasteiger partial charge in [-0.3, -0.25) is 4.79 Å². The Morgan fingerprint density at radius 1 is 1.15 bits per heavy atom. The van der Waals surface area contributed by atoms with Gasteiger partial charge < -0.3 is 30.9 Å². The molecule has 1 heterocycles. The molecule has 1 aliphatic heterocycles. The largest absolute Gasteiger partial charge is 0.497 e. The van der Waals surface area contributed by atoms with Crippen molar-refractivity contribution in [2.45, 2.75) is 37.8 Å². The summed E-state index contributed by atoms with van der Waals surface area (Å²) in [4.78, 5) is 26.2. The maximum Gasteiger partial charge on any atom is 0.404 e. The number of methoxy groups -OCH3 is 1. The van der Waals surface area contributed by atoms with Gasteiger partial charge in [-0.05, 0) is 72.7 Å². The minimum atomic E-state index is -1.54. The number of nitrogens with one attached hydrogen (secondary N) is 1. The molecule has 1 saturated heterocycles. The monoisotopic (exact) mass is 549 g/mol. The molecule has 0 bridgehead atoms. The van der Waals surface area contributed by atoms with Crippen molar-refractivity contribution in [3.05, 3.63) is 89.2 Å². The van der Waals surface area contributed by atoms with Crippen molar-refractivity contribution >= 4 is 12.0 Å². The van der Waals surface area contributed by atoms with E-state index in [-0.39, 0.29) is 31.0 Å². The van der Waals surface area contributed by atoms with Crippen LogP contribution in [-0.4, -0.2) is 53.9 Å². The van der Waals surface area contributed by atoms with E-state index in [0.717, 1.165) is 5.56 Å². The number of nitrogens with two attached hydrogens (primary N) is 1. The number of ether oxygens (including phenoxy) is 1. The molecule has 3 aromatic rings. The van der Waals surface area contributed by atoms with Crippen LogP contribution in [0.15, 0.2) is 66.7 Å². The molecular weight excluding hydrogens is 513 g/mol. The van der Waals surface area contributed by atoms with Crippen molar-refractivity contribution in [2.75, 3.05) is 26.7 Å². The van der Waals surface area contributed by atoms with Crippen LogP contribution in [0.2, 0.25) is 0 Å². The highest BCUT2D eigenvalue weighted by atomic mass is 19.1. The number of rotatable bonds is 10. The number of carbonyl (C=O) groups excluding carboxylic acids is 1. The van der Waals surface area contributed by atoms with Crippen molar-refractivity contribution in [3.63, 3.8) is 0 Å². The average molecular weight is 550 g/mol. The molecule has 2 amide bonds. The zero-order chi connectivity index (χ0) is 28.7. The summed E-state index contributed by atoms with van der Waals surface area (Å²) in [6.07, 6.45) is 0.623. The molecule has 3 aromatic carbocycles. The number of nitrogens with zero attached hydrogens (tertiary/aromatic N) is 1. The fourth-order valence-electron chi connectivity index (χ4n) is 5.59. The highest BCUT2D eigenvalue weighted by Gasteiger charge is 2.43. The van der Waals surface area contributed by atoms with Gasteiger partial charge in [0.1, 0.15) is 11.6 Å². The number of carboxylic acid groups (broad SMARTS) is 1. The van der Waals surface area contributed by atoms with Crippen molar-refractivity contribution in [2.24, 2.45) is 11.7 Å². The minimum Gasteiger partial charge on any atom is -0.497 e. The first-order chi connectivity index (χ1) is 19.3. The van der Waals surface area contributed by atoms with E-state index in [0.29, 0.717) is 54.8 Å². The van der Waals surface area contributed by atoms with Gasteiger partial charge in [-0.2, -0.15) is 0 Å². The molecule has 2 atom stereocenters. The summed E-state index contributed by atoms with van der Waals surface area (Å²) in [5, 5.41) is 23.9. The lowest BCUT2D eigenvalue weighted by Gasteiger charge is -2.43. The second kappa shape index (κ2) is 12.9. The number of hydrogen-bond donors (Lipinski definition) is 4. The second-order valence-corrected chi connectivity index (χ2v) is 10.1. The number of piperidine rings is 1. The molecule has 8 nitrogen and oxygen atoms in total. The summed E-state index contributed by atoms with van der Waals surface area (Å²) in [6, 6.07) is 18.8. The van der Waals surface area contributed by atoms with E-state index in [2.05, 4.69) is 5.32 Å². The van der Waals surface area contributed by atoms with Gasteiger partial charge >= 0.3 is 6.09 Å². The van der Waals surface area contributed by atoms with Crippen LogP contribution in [0.5, 0.6) is 5.75 Å². The second-order valence-electron chi connectivity index (χ2n) is 10.1. The first-order valence-electron chi connectivity index (χ1n) is 13.5. The first kappa shape index (κ1) is 29.0. The SMILES string of the molecule is COc1cccc(-c2c(F)cccc2[C@](O)(CCCNC(=O)O)[C@@H]2CCCN(C(=O)c3ccc(CN)cc3)C2)c1. The topological polar surface area (TPSA) is 125 Å². The normalized spacial score (nSPS) is 16.7. The van der Waals surface area contributed by atoms with Crippen LogP contribution in [0.25, 0.3) is 11.1 Å². The van der Waals surface area contributed by atoms with Gasteiger partial charge in [0.2, 0.25) is 0 Å². The van der Waals surface area contributed by atoms with Gasteiger partial charge in [0.25, 0.3) is 5.91 Å². The fourth-order valence-corrected chi connectivity index (χ4v) is 5.59. The molecule has 212 valence electrons. The molecule has 4 rings (SSSR count). The predicted molar refractivity (Wildman–Crippen MR) is 151 cm³/mol. The third-order valence-corrected chi connectivity index (χ3v) is 7.67. The standard InChI is InChI=1S/C31H36FN3O5/c1-40-25-8-2-6-23(18-25)28-26(9-3-10-27(28)32)31(39,15-5-16-34-30(37)38)24-7-4-17-35(20-24)29(36)22-13-11-21(19-33)12-14-22/h2-3,6,8-14,18,24,34,39H,4-5,7,15-17,19-20,33H2,1H3,(H,37,38)/t24-,31+/m1/s1. The molecule has 0 radical (unpaired) electrons. The maximum atomic E-state index is 15.5. The quantitative estimate of drug-likeness (QED) is 0.271. The Kier molecular flexibility index (Phi) is 9.39. The van der Waals surface area contributed by atoms with Gasteiger partial charge in [-0.1, -0.05) is 36.4 Å². The van der Waals surface area contributed by atoms with Gasteiger partial charge in [0.15, 0.2) is 0 Å². The zero-order valence-electron chi connectivity index (χ0n) is 22.6. The number of carbonyl (C=O) groups is 2. The predicted octanol–water partition coefficient (Wildman–Crippen LogP) is 4.75. The third-order valence-electron chi connectivity index (χ3n) is 7.67. The van der Waals surface area contributed by atoms with Crippen LogP contribution in [0.4, 0.5) is 9.18 Å². The van der Waals surface area contributed by atoms with Crippen LogP contribution < -0.4 is 15.8 Å². The highest BCUT2D eigenvalue weighted by molar-refractivity contribution is 5.94. The molecule has 9 heteroatoms. The molecule has 1 aliphatic rings. The lowest BCUT2D eigenvalue weighted by molar-refractivity contribution is -0.0564. The van der Waals surface area contributed by atoms with Gasteiger partial charge in [0.05, 0.1) is 12.7 Å². The number of hydrogen-bond acceptors (Lipinski definition) is 5. The highest BCUT2D eigenvalue weighted by Crippen LogP contribution is 2.44. The molecular formula is C31H36FN3O5. The molecule has 0 spiro atoms.